The number of hydrogen-bond donors (Lipinski definition) is 2. The molecule has 0 aliphatic carbocycles. The van der Waals surface area contributed by atoms with Crippen molar-refractivity contribution >= 4 is 65.3 Å². The number of benzene rings is 1. The van der Waals surface area contributed by atoms with E-state index in [0.717, 1.165) is 53.4 Å². The van der Waals surface area contributed by atoms with E-state index in [1.54, 1.807) is 10.7 Å². The summed E-state index contributed by atoms with van der Waals surface area (Å²) in [6.45, 7) is 0. The Hall–Kier alpha value is -3.17. The summed E-state index contributed by atoms with van der Waals surface area (Å²) in [7, 11) is 1.97. The highest BCUT2D eigenvalue weighted by Crippen LogP contribution is 2.33. The third-order valence-electron chi connectivity index (χ3n) is 5.43. The van der Waals surface area contributed by atoms with Gasteiger partial charge in [-0.2, -0.15) is 9.61 Å². The Labute approximate surface area is 193 Å². The highest BCUT2D eigenvalue weighted by molar-refractivity contribution is 9.10. The van der Waals surface area contributed by atoms with Crippen LogP contribution in [-0.4, -0.2) is 29.1 Å². The van der Waals surface area contributed by atoms with Crippen LogP contribution in [0.15, 0.2) is 63.9 Å². The molecule has 0 radical (unpaired) electrons. The van der Waals surface area contributed by atoms with E-state index in [2.05, 4.69) is 47.9 Å². The zero-order chi connectivity index (χ0) is 21.3. The topological polar surface area (TPSA) is 89.8 Å². The van der Waals surface area contributed by atoms with Crippen molar-refractivity contribution in [1.29, 1.82) is 0 Å². The molecule has 0 unspecified atom stereocenters. The Bertz CT molecular complexity index is 1640. The Balaban J connectivity index is 1.55. The molecule has 0 aliphatic heterocycles. The van der Waals surface area contributed by atoms with Crippen LogP contribution >= 0.6 is 31.9 Å². The molecule has 152 valence electrons. The van der Waals surface area contributed by atoms with Crippen LogP contribution in [0.4, 0.5) is 5.82 Å². The Kier molecular flexibility index (Phi) is 4.00. The summed E-state index contributed by atoms with van der Waals surface area (Å²) in [5.74, 6) is 0.521. The molecule has 5 aromatic heterocycles. The molecule has 0 aliphatic rings. The van der Waals surface area contributed by atoms with Crippen LogP contribution in [-0.2, 0) is 7.05 Å². The predicted octanol–water partition coefficient (Wildman–Crippen LogP) is 5.54. The monoisotopic (exact) mass is 535 g/mol. The molecular weight excluding hydrogens is 522 g/mol. The molecule has 6 rings (SSSR count). The number of aromatic nitrogens is 6. The van der Waals surface area contributed by atoms with Crippen molar-refractivity contribution in [2.24, 2.45) is 7.05 Å². The summed E-state index contributed by atoms with van der Waals surface area (Å²) >= 11 is 7.07. The number of hydrogen-bond acceptors (Lipinski definition) is 4. The van der Waals surface area contributed by atoms with Gasteiger partial charge in [0.2, 0.25) is 0 Å². The zero-order valence-corrected chi connectivity index (χ0v) is 19.4. The first-order valence-electron chi connectivity index (χ1n) is 9.52. The molecule has 3 N–H and O–H groups in total. The predicted molar refractivity (Wildman–Crippen MR) is 130 cm³/mol. The maximum absolute atomic E-state index is 6.39. The van der Waals surface area contributed by atoms with Crippen LogP contribution in [0.3, 0.4) is 0 Å². The Morgan fingerprint density at radius 2 is 1.81 bits per heavy atom. The second kappa shape index (κ2) is 6.66. The summed E-state index contributed by atoms with van der Waals surface area (Å²) in [6, 6.07) is 12.0. The fourth-order valence-electron chi connectivity index (χ4n) is 4.01. The molecule has 0 fully saturated rings. The van der Waals surface area contributed by atoms with Gasteiger partial charge in [-0.1, -0.05) is 15.9 Å². The number of nitrogens with one attached hydrogen (secondary N) is 1. The van der Waals surface area contributed by atoms with E-state index >= 15 is 0 Å². The summed E-state index contributed by atoms with van der Waals surface area (Å²) in [4.78, 5) is 12.7. The normalized spacial score (nSPS) is 11.8. The number of H-pyrrole nitrogens is 1. The minimum absolute atomic E-state index is 0.521. The quantitative estimate of drug-likeness (QED) is 0.304. The van der Waals surface area contributed by atoms with E-state index in [9.17, 15) is 0 Å². The molecule has 31 heavy (non-hydrogen) atoms. The lowest BCUT2D eigenvalue weighted by Crippen LogP contribution is -2.01. The number of aromatic amines is 1. The summed E-state index contributed by atoms with van der Waals surface area (Å²) < 4.78 is 5.60. The van der Waals surface area contributed by atoms with Crippen molar-refractivity contribution in [3.8, 4) is 22.5 Å². The average Bonchev–Trinajstić information content (AvgIpc) is 3.43. The molecule has 5 heterocycles. The van der Waals surface area contributed by atoms with E-state index in [-0.39, 0.29) is 0 Å². The van der Waals surface area contributed by atoms with Crippen LogP contribution in [0, 0.1) is 0 Å². The van der Waals surface area contributed by atoms with Crippen LogP contribution in [0.5, 0.6) is 0 Å². The van der Waals surface area contributed by atoms with Gasteiger partial charge in [-0.15, -0.1) is 0 Å². The Morgan fingerprint density at radius 1 is 0.968 bits per heavy atom. The fraction of sp³-hybridized carbons (Fsp3) is 0.0455. The van der Waals surface area contributed by atoms with E-state index < -0.39 is 0 Å². The molecule has 6 aromatic rings. The first kappa shape index (κ1) is 18.6. The summed E-state index contributed by atoms with van der Waals surface area (Å²) in [5, 5.41) is 6.81. The van der Waals surface area contributed by atoms with Gasteiger partial charge in [-0.05, 0) is 40.2 Å². The summed E-state index contributed by atoms with van der Waals surface area (Å²) in [6.07, 6.45) is 5.78. The van der Waals surface area contributed by atoms with Crippen molar-refractivity contribution in [3.63, 3.8) is 0 Å². The van der Waals surface area contributed by atoms with E-state index in [1.165, 1.54) is 0 Å². The van der Waals surface area contributed by atoms with Crippen molar-refractivity contribution in [3.05, 3.63) is 63.9 Å². The van der Waals surface area contributed by atoms with Gasteiger partial charge in [0.15, 0.2) is 5.65 Å². The molecule has 9 heteroatoms. The van der Waals surface area contributed by atoms with Gasteiger partial charge < -0.3 is 15.3 Å². The molecule has 7 nitrogen and oxygen atoms in total. The Morgan fingerprint density at radius 3 is 2.68 bits per heavy atom. The van der Waals surface area contributed by atoms with Gasteiger partial charge in [-0.25, -0.2) is 9.97 Å². The number of nitrogens with zero attached hydrogens (tertiary/aromatic N) is 5. The number of aryl methyl sites for hydroxylation is 1. The molecule has 0 saturated carbocycles. The van der Waals surface area contributed by atoms with Crippen molar-refractivity contribution < 1.29 is 0 Å². The lowest BCUT2D eigenvalue weighted by atomic mass is 10.1. The third-order valence-corrected chi connectivity index (χ3v) is 6.36. The lowest BCUT2D eigenvalue weighted by molar-refractivity contribution is 0.945. The largest absolute Gasteiger partial charge is 0.384 e. The molecule has 0 atom stereocenters. The number of anilines is 1. The second-order valence-corrected chi connectivity index (χ2v) is 9.27. The average molecular weight is 537 g/mol. The van der Waals surface area contributed by atoms with Crippen molar-refractivity contribution in [1.82, 2.24) is 29.1 Å². The number of halogens is 2. The molecule has 0 amide bonds. The highest BCUT2D eigenvalue weighted by atomic mass is 79.9. The molecule has 0 bridgehead atoms. The van der Waals surface area contributed by atoms with Gasteiger partial charge >= 0.3 is 0 Å². The van der Waals surface area contributed by atoms with Crippen molar-refractivity contribution in [2.75, 3.05) is 5.73 Å². The van der Waals surface area contributed by atoms with Gasteiger partial charge in [0.25, 0.3) is 0 Å². The van der Waals surface area contributed by atoms with Gasteiger partial charge in [-0.3, -0.25) is 0 Å². The second-order valence-electron chi connectivity index (χ2n) is 7.44. The van der Waals surface area contributed by atoms with Gasteiger partial charge in [0, 0.05) is 74.1 Å². The number of rotatable bonds is 2. The minimum atomic E-state index is 0.521. The smallest absolute Gasteiger partial charge is 0.158 e. The van der Waals surface area contributed by atoms with Crippen LogP contribution in [0.25, 0.3) is 50.1 Å². The van der Waals surface area contributed by atoms with Crippen molar-refractivity contribution in [2.45, 2.75) is 0 Å². The van der Waals surface area contributed by atoms with E-state index in [0.29, 0.717) is 11.5 Å². The lowest BCUT2D eigenvalue weighted by Gasteiger charge is -2.03. The third kappa shape index (κ3) is 2.88. The van der Waals surface area contributed by atoms with E-state index in [4.69, 9.17) is 15.8 Å². The maximum atomic E-state index is 6.39. The molecule has 1 aromatic carbocycles. The zero-order valence-electron chi connectivity index (χ0n) is 16.3. The SMILES string of the molecule is Cn1cc(-c2cc(N)n3nc(-c4c[nH]c5ccc(Br)cc45)cc3n2)c2cc(Br)cnc21. The van der Waals surface area contributed by atoms with Crippen LogP contribution < -0.4 is 5.73 Å². The highest BCUT2D eigenvalue weighted by Gasteiger charge is 2.16. The standard InChI is InChI=1S/C22H15Br2N7/c1-30-10-16(14-5-12(24)8-27-22(14)30)18-6-20(25)31-21(28-18)7-19(29-31)15-9-26-17-3-2-11(23)4-13(15)17/h2-10,26H,25H2,1H3. The fourth-order valence-corrected chi connectivity index (χ4v) is 4.70. The number of nitrogens with two attached hydrogens (primary N) is 1. The molecule has 0 saturated heterocycles. The minimum Gasteiger partial charge on any atom is -0.384 e. The summed E-state index contributed by atoms with van der Waals surface area (Å²) in [5.41, 5.74) is 12.6. The van der Waals surface area contributed by atoms with Crippen LogP contribution in [0.1, 0.15) is 0 Å². The van der Waals surface area contributed by atoms with E-state index in [1.807, 2.05) is 54.3 Å². The van der Waals surface area contributed by atoms with Gasteiger partial charge in [0.05, 0.1) is 11.4 Å². The number of fused-ring (bicyclic) bond motifs is 3. The maximum Gasteiger partial charge on any atom is 0.158 e. The number of nitrogen functional groups attached to an aromatic ring is 1. The first-order valence-corrected chi connectivity index (χ1v) is 11.1. The number of pyridine rings is 1. The molecular formula is C22H15Br2N7. The van der Waals surface area contributed by atoms with Crippen LogP contribution in [0.2, 0.25) is 0 Å². The first-order chi connectivity index (χ1) is 15.0. The van der Waals surface area contributed by atoms with Gasteiger partial charge in [0.1, 0.15) is 11.5 Å². The molecule has 0 spiro atoms.